The molecule has 5 nitrogen and oxygen atoms in total. The van der Waals surface area contributed by atoms with Crippen molar-refractivity contribution < 1.29 is 9.47 Å². The highest BCUT2D eigenvalue weighted by molar-refractivity contribution is 9.10. The van der Waals surface area contributed by atoms with E-state index in [0.717, 1.165) is 34.6 Å². The van der Waals surface area contributed by atoms with Gasteiger partial charge < -0.3 is 14.5 Å². The smallest absolute Gasteiger partial charge is 0.171 e. The predicted molar refractivity (Wildman–Crippen MR) is 121 cm³/mol. The molecular formula is C20H24BrCl2N3O2. The fraction of sp³-hybridized carbons (Fsp3) is 0.250. The van der Waals surface area contributed by atoms with Crippen LogP contribution in [0, 0.1) is 0 Å². The van der Waals surface area contributed by atoms with Crippen LogP contribution in [0.15, 0.2) is 53.1 Å². The Labute approximate surface area is 186 Å². The summed E-state index contributed by atoms with van der Waals surface area (Å²) in [5.74, 6) is 2.08. The first-order valence-corrected chi connectivity index (χ1v) is 9.08. The summed E-state index contributed by atoms with van der Waals surface area (Å²) >= 11 is 3.51. The number of aromatic amines is 1. The lowest BCUT2D eigenvalue weighted by molar-refractivity contribution is 0.315. The summed E-state index contributed by atoms with van der Waals surface area (Å²) in [6.07, 6.45) is 1.86. The van der Waals surface area contributed by atoms with Gasteiger partial charge in [0.25, 0.3) is 0 Å². The van der Waals surface area contributed by atoms with E-state index in [1.54, 1.807) is 14.2 Å². The summed E-state index contributed by atoms with van der Waals surface area (Å²) < 4.78 is 11.8. The zero-order valence-electron chi connectivity index (χ0n) is 15.9. The first kappa shape index (κ1) is 24.3. The van der Waals surface area contributed by atoms with Crippen molar-refractivity contribution in [2.24, 2.45) is 0 Å². The molecule has 0 aliphatic heterocycles. The molecule has 8 heteroatoms. The molecule has 3 aromatic rings. The normalized spacial score (nSPS) is 10.2. The lowest BCUT2D eigenvalue weighted by Gasteiger charge is -2.15. The summed E-state index contributed by atoms with van der Waals surface area (Å²) in [5, 5.41) is 0. The average molecular weight is 489 g/mol. The van der Waals surface area contributed by atoms with Crippen LogP contribution in [0.3, 0.4) is 0 Å². The Kier molecular flexibility index (Phi) is 9.82. The standard InChI is InChI=1S/C20H22BrN3O2.2ClH/c1-24(12-14-7-5-4-6-8-14)13-16-11-22-20(23-16)17-9-15(21)10-18(25-2)19(17)26-3;;/h4-11H,12-13H2,1-3H3,(H,22,23);2*1H. The minimum absolute atomic E-state index is 0. The maximum atomic E-state index is 5.53. The number of imidazole rings is 1. The molecule has 0 saturated heterocycles. The molecule has 2 aromatic carbocycles. The van der Waals surface area contributed by atoms with E-state index in [1.807, 2.05) is 24.4 Å². The van der Waals surface area contributed by atoms with E-state index in [2.05, 4.69) is 62.1 Å². The van der Waals surface area contributed by atoms with Crippen LogP contribution in [0.1, 0.15) is 11.3 Å². The van der Waals surface area contributed by atoms with Gasteiger partial charge in [0.1, 0.15) is 5.82 Å². The number of hydrogen-bond acceptors (Lipinski definition) is 4. The molecule has 1 aromatic heterocycles. The Morgan fingerprint density at radius 2 is 1.75 bits per heavy atom. The molecule has 0 atom stereocenters. The van der Waals surface area contributed by atoms with Gasteiger partial charge in [0.15, 0.2) is 11.5 Å². The number of ether oxygens (including phenoxy) is 2. The van der Waals surface area contributed by atoms with E-state index in [4.69, 9.17) is 9.47 Å². The number of rotatable bonds is 7. The highest BCUT2D eigenvalue weighted by Crippen LogP contribution is 2.39. The Balaban J connectivity index is 0.00000196. The van der Waals surface area contributed by atoms with Crippen LogP contribution in [-0.2, 0) is 13.1 Å². The van der Waals surface area contributed by atoms with Crippen molar-refractivity contribution in [3.63, 3.8) is 0 Å². The molecule has 0 radical (unpaired) electrons. The van der Waals surface area contributed by atoms with Crippen LogP contribution < -0.4 is 9.47 Å². The fourth-order valence-corrected chi connectivity index (χ4v) is 3.36. The molecule has 0 aliphatic rings. The van der Waals surface area contributed by atoms with E-state index in [1.165, 1.54) is 5.56 Å². The van der Waals surface area contributed by atoms with E-state index >= 15 is 0 Å². The molecule has 0 fully saturated rings. The first-order chi connectivity index (χ1) is 12.6. The molecule has 0 bridgehead atoms. The van der Waals surface area contributed by atoms with Crippen molar-refractivity contribution in [2.75, 3.05) is 21.3 Å². The number of nitrogens with one attached hydrogen (secondary N) is 1. The predicted octanol–water partition coefficient (Wildman–Crippen LogP) is 5.33. The maximum absolute atomic E-state index is 5.53. The van der Waals surface area contributed by atoms with Gasteiger partial charge in [-0.25, -0.2) is 4.98 Å². The van der Waals surface area contributed by atoms with Crippen LogP contribution in [0.2, 0.25) is 0 Å². The molecule has 28 heavy (non-hydrogen) atoms. The highest BCUT2D eigenvalue weighted by Gasteiger charge is 2.16. The third kappa shape index (κ3) is 5.88. The minimum atomic E-state index is 0. The number of aromatic nitrogens is 2. The van der Waals surface area contributed by atoms with E-state index in [-0.39, 0.29) is 24.8 Å². The zero-order chi connectivity index (χ0) is 18.5. The molecular weight excluding hydrogens is 465 g/mol. The van der Waals surface area contributed by atoms with Crippen molar-refractivity contribution in [2.45, 2.75) is 13.1 Å². The van der Waals surface area contributed by atoms with Crippen LogP contribution in [0.5, 0.6) is 11.5 Å². The van der Waals surface area contributed by atoms with Crippen molar-refractivity contribution >= 4 is 40.7 Å². The lowest BCUT2D eigenvalue weighted by atomic mass is 10.1. The SMILES string of the molecule is COc1cc(Br)cc(-c2ncc(CN(C)Cc3ccccc3)[nH]2)c1OC.Cl.Cl. The van der Waals surface area contributed by atoms with Gasteiger partial charge in [0.05, 0.1) is 19.8 Å². The molecule has 0 unspecified atom stereocenters. The van der Waals surface area contributed by atoms with Crippen molar-refractivity contribution in [3.05, 3.63) is 64.4 Å². The van der Waals surface area contributed by atoms with Gasteiger partial charge >= 0.3 is 0 Å². The summed E-state index contributed by atoms with van der Waals surface area (Å²) in [7, 11) is 5.35. The Morgan fingerprint density at radius 1 is 1.04 bits per heavy atom. The lowest BCUT2D eigenvalue weighted by Crippen LogP contribution is -2.17. The van der Waals surface area contributed by atoms with Gasteiger partial charge in [-0.3, -0.25) is 4.90 Å². The van der Waals surface area contributed by atoms with Crippen LogP contribution in [0.4, 0.5) is 0 Å². The molecule has 0 spiro atoms. The molecule has 1 N–H and O–H groups in total. The number of nitrogens with zero attached hydrogens (tertiary/aromatic N) is 2. The number of methoxy groups -OCH3 is 2. The molecule has 0 aliphatic carbocycles. The van der Waals surface area contributed by atoms with E-state index in [9.17, 15) is 0 Å². The van der Waals surface area contributed by atoms with Gasteiger partial charge in [0.2, 0.25) is 0 Å². The van der Waals surface area contributed by atoms with E-state index in [0.29, 0.717) is 11.5 Å². The van der Waals surface area contributed by atoms with Crippen LogP contribution in [0.25, 0.3) is 11.4 Å². The van der Waals surface area contributed by atoms with Gasteiger partial charge in [-0.15, -0.1) is 24.8 Å². The van der Waals surface area contributed by atoms with E-state index < -0.39 is 0 Å². The zero-order valence-corrected chi connectivity index (χ0v) is 19.2. The Bertz CT molecular complexity index is 875. The second-order valence-electron chi connectivity index (χ2n) is 6.10. The number of benzene rings is 2. The third-order valence-electron chi connectivity index (χ3n) is 4.06. The number of halogens is 3. The summed E-state index contributed by atoms with van der Waals surface area (Å²) in [6, 6.07) is 14.3. The topological polar surface area (TPSA) is 50.4 Å². The summed E-state index contributed by atoms with van der Waals surface area (Å²) in [6.45, 7) is 1.65. The highest BCUT2D eigenvalue weighted by atomic mass is 79.9. The van der Waals surface area contributed by atoms with Gasteiger partial charge in [-0.1, -0.05) is 46.3 Å². The summed E-state index contributed by atoms with van der Waals surface area (Å²) in [4.78, 5) is 10.2. The maximum Gasteiger partial charge on any atom is 0.171 e. The molecule has 152 valence electrons. The second kappa shape index (κ2) is 11.3. The molecule has 1 heterocycles. The average Bonchev–Trinajstić information content (AvgIpc) is 3.09. The van der Waals surface area contributed by atoms with Crippen molar-refractivity contribution in [1.82, 2.24) is 14.9 Å². The van der Waals surface area contributed by atoms with Gasteiger partial charge in [-0.05, 0) is 24.7 Å². The number of H-pyrrole nitrogens is 1. The quantitative estimate of drug-likeness (QED) is 0.488. The minimum Gasteiger partial charge on any atom is -0.493 e. The third-order valence-corrected chi connectivity index (χ3v) is 4.52. The van der Waals surface area contributed by atoms with Gasteiger partial charge in [-0.2, -0.15) is 0 Å². The monoisotopic (exact) mass is 487 g/mol. The molecule has 0 saturated carbocycles. The fourth-order valence-electron chi connectivity index (χ4n) is 2.92. The van der Waals surface area contributed by atoms with Crippen LogP contribution in [-0.4, -0.2) is 36.1 Å². The largest absolute Gasteiger partial charge is 0.493 e. The van der Waals surface area contributed by atoms with Gasteiger partial charge in [0, 0.05) is 29.5 Å². The first-order valence-electron chi connectivity index (χ1n) is 8.29. The van der Waals surface area contributed by atoms with Crippen molar-refractivity contribution in [1.29, 1.82) is 0 Å². The molecule has 0 amide bonds. The van der Waals surface area contributed by atoms with Crippen molar-refractivity contribution in [3.8, 4) is 22.9 Å². The Hall–Kier alpha value is -1.73. The second-order valence-corrected chi connectivity index (χ2v) is 7.02. The Morgan fingerprint density at radius 3 is 2.39 bits per heavy atom. The van der Waals surface area contributed by atoms with Crippen LogP contribution >= 0.6 is 40.7 Å². The molecule has 3 rings (SSSR count). The summed E-state index contributed by atoms with van der Waals surface area (Å²) in [5.41, 5.74) is 3.18. The number of hydrogen-bond donors (Lipinski definition) is 1.